The van der Waals surface area contributed by atoms with Gasteiger partial charge in [-0.05, 0) is 48.4 Å². The number of hydrogen-bond donors (Lipinski definition) is 0. The highest BCUT2D eigenvalue weighted by Crippen LogP contribution is 2.27. The van der Waals surface area contributed by atoms with E-state index in [1.54, 1.807) is 0 Å². The van der Waals surface area contributed by atoms with Crippen LogP contribution < -0.4 is 10.3 Å². The first-order valence-electron chi connectivity index (χ1n) is 8.41. The quantitative estimate of drug-likeness (QED) is 0.680. The Morgan fingerprint density at radius 2 is 1.33 bits per heavy atom. The summed E-state index contributed by atoms with van der Waals surface area (Å²) in [6.07, 6.45) is 19.4. The monoisotopic (exact) mass is 307 g/mol. The summed E-state index contributed by atoms with van der Waals surface area (Å²) in [6, 6.07) is 8.73. The van der Waals surface area contributed by atoms with Crippen LogP contribution in [0.25, 0.3) is 0 Å². The maximum Gasteiger partial charge on any atom is 0.396 e. The molecular weight excluding hydrogens is 291 g/mol. The zero-order valence-electron chi connectivity index (χ0n) is 13.3. The molecule has 0 saturated heterocycles. The number of anilines is 1. The number of fused-ring (bicyclic) bond motifs is 8. The van der Waals surface area contributed by atoms with Gasteiger partial charge < -0.3 is 14.3 Å². The van der Waals surface area contributed by atoms with Gasteiger partial charge in [0.15, 0.2) is 0 Å². The Morgan fingerprint density at radius 3 is 2.25 bits per heavy atom. The minimum Gasteiger partial charge on any atom is -0.438 e. The summed E-state index contributed by atoms with van der Waals surface area (Å²) in [7, 11) is 0. The fourth-order valence-corrected chi connectivity index (χ4v) is 3.95. The number of nitrogens with zero attached hydrogens (tertiary/aromatic N) is 3. The Labute approximate surface area is 144 Å². The molecule has 0 spiro atoms. The molecule has 0 N–H and O–H groups in total. The van der Waals surface area contributed by atoms with Gasteiger partial charge in [-0.15, -0.1) is 0 Å². The van der Waals surface area contributed by atoms with Crippen molar-refractivity contribution in [3.8, 4) is 0 Å². The first-order valence-corrected chi connectivity index (χ1v) is 8.41. The average molecular weight is 307 g/mol. The second kappa shape index (κ2) is 5.41. The van der Waals surface area contributed by atoms with E-state index in [4.69, 9.17) is 0 Å². The molecule has 0 saturated carbocycles. The molecule has 112 valence electrons. The summed E-state index contributed by atoms with van der Waals surface area (Å²) in [5, 5.41) is 0. The van der Waals surface area contributed by atoms with E-state index in [0.717, 1.165) is 0 Å². The van der Waals surface area contributed by atoms with Crippen LogP contribution >= 0.6 is 0 Å². The van der Waals surface area contributed by atoms with Gasteiger partial charge in [-0.2, -0.15) is 0 Å². The van der Waals surface area contributed by atoms with Crippen LogP contribution in [0.4, 0.5) is 5.69 Å². The third kappa shape index (κ3) is 1.96. The van der Waals surface area contributed by atoms with Crippen LogP contribution in [0, 0.1) is 0 Å². The first kappa shape index (κ1) is 13.7. The van der Waals surface area contributed by atoms with Gasteiger partial charge in [0.25, 0.3) is 0 Å². The van der Waals surface area contributed by atoms with Crippen molar-refractivity contribution < 1.29 is 0 Å². The predicted molar refractivity (Wildman–Crippen MR) is 104 cm³/mol. The third-order valence-electron chi connectivity index (χ3n) is 5.01. The van der Waals surface area contributed by atoms with Gasteiger partial charge in [0, 0.05) is 5.69 Å². The van der Waals surface area contributed by atoms with Crippen molar-refractivity contribution in [1.29, 1.82) is 0 Å². The fourth-order valence-electron chi connectivity index (χ4n) is 3.95. The number of rotatable bonds is 0. The minimum atomic E-state index is 0.169. The second-order valence-corrected chi connectivity index (χ2v) is 6.31. The van der Waals surface area contributed by atoms with E-state index in [1.165, 1.54) is 11.2 Å². The van der Waals surface area contributed by atoms with Crippen LogP contribution in [0.2, 0.25) is 0 Å². The van der Waals surface area contributed by atoms with Crippen LogP contribution in [0.15, 0.2) is 97.2 Å². The highest BCUT2D eigenvalue weighted by molar-refractivity contribution is 6.91. The third-order valence-corrected chi connectivity index (χ3v) is 5.01. The van der Waals surface area contributed by atoms with E-state index in [-0.39, 0.29) is 20.8 Å². The second-order valence-electron chi connectivity index (χ2n) is 6.31. The molecule has 4 heterocycles. The van der Waals surface area contributed by atoms with Gasteiger partial charge in [-0.3, -0.25) is 0 Å². The Kier molecular flexibility index (Phi) is 3.08. The highest BCUT2D eigenvalue weighted by Gasteiger charge is 2.43. The normalized spacial score (nSPS) is 19.8. The summed E-state index contributed by atoms with van der Waals surface area (Å²) in [5.41, 5.74) is 2.60. The molecule has 1 aromatic rings. The van der Waals surface area contributed by atoms with Gasteiger partial charge >= 0.3 is 20.8 Å². The van der Waals surface area contributed by atoms with Gasteiger partial charge in [0.1, 0.15) is 0 Å². The molecular formula is C18H16B3N3. The number of para-hydroxylation sites is 1. The lowest BCUT2D eigenvalue weighted by atomic mass is 9.42. The lowest BCUT2D eigenvalue weighted by Crippen LogP contribution is -2.67. The highest BCUT2D eigenvalue weighted by atomic mass is 15.2. The molecule has 4 aliphatic rings. The average Bonchev–Trinajstić information content (AvgIpc) is 2.67. The summed E-state index contributed by atoms with van der Waals surface area (Å²) in [6.45, 7) is 0.593. The fraction of sp³-hybridized carbons (Fsp3) is 0. The zero-order valence-corrected chi connectivity index (χ0v) is 13.3. The zero-order chi connectivity index (χ0) is 15.9. The van der Waals surface area contributed by atoms with Gasteiger partial charge in [0.2, 0.25) is 0 Å². The maximum absolute atomic E-state index is 2.43. The smallest absolute Gasteiger partial charge is 0.396 e. The molecule has 0 radical (unpaired) electrons. The van der Waals surface area contributed by atoms with Crippen molar-refractivity contribution in [2.75, 3.05) is 4.81 Å². The molecule has 0 bridgehead atoms. The molecule has 1 aromatic carbocycles. The van der Waals surface area contributed by atoms with E-state index < -0.39 is 0 Å². The molecule has 0 aliphatic carbocycles. The van der Waals surface area contributed by atoms with Gasteiger partial charge in [0.05, 0.1) is 0 Å². The molecule has 0 fully saturated rings. The van der Waals surface area contributed by atoms with E-state index in [1.807, 2.05) is 0 Å². The molecule has 0 aromatic heterocycles. The molecule has 0 amide bonds. The van der Waals surface area contributed by atoms with E-state index in [0.29, 0.717) is 0 Å². The minimum absolute atomic E-state index is 0.169. The number of benzene rings is 1. The molecule has 0 atom stereocenters. The topological polar surface area (TPSA) is 9.72 Å². The van der Waals surface area contributed by atoms with Crippen molar-refractivity contribution in [3.63, 3.8) is 0 Å². The molecule has 5 rings (SSSR count). The van der Waals surface area contributed by atoms with Crippen molar-refractivity contribution in [3.05, 3.63) is 97.2 Å². The SMILES string of the molecule is C1=CB2c3ccccc3N3C=CC=CB3N3C=CC=CB3N2C=C1. The van der Waals surface area contributed by atoms with Crippen molar-refractivity contribution in [2.45, 2.75) is 0 Å². The van der Waals surface area contributed by atoms with Crippen LogP contribution in [0.5, 0.6) is 0 Å². The summed E-state index contributed by atoms with van der Waals surface area (Å²) in [5.74, 6) is 6.82. The van der Waals surface area contributed by atoms with Crippen LogP contribution in [-0.4, -0.2) is 30.3 Å². The van der Waals surface area contributed by atoms with Crippen molar-refractivity contribution in [1.82, 2.24) is 9.44 Å². The lowest BCUT2D eigenvalue weighted by Gasteiger charge is -2.47. The maximum atomic E-state index is 2.43. The van der Waals surface area contributed by atoms with E-state index >= 15 is 0 Å². The Morgan fingerprint density at radius 1 is 0.625 bits per heavy atom. The Bertz CT molecular complexity index is 771. The van der Waals surface area contributed by atoms with E-state index in [2.05, 4.69) is 112 Å². The summed E-state index contributed by atoms with van der Waals surface area (Å²) in [4.78, 5) is 2.37. The van der Waals surface area contributed by atoms with E-state index in [9.17, 15) is 0 Å². The molecule has 0 unspecified atom stereocenters. The molecule has 24 heavy (non-hydrogen) atoms. The standard InChI is InChI=1S/C18H16B3N3/c1-2-10-18-17(9-1)19-11-3-7-15-23(19)21-13-5-8-16-24(21)20-12-4-6-14-22(18)20/h1-16H. The van der Waals surface area contributed by atoms with Crippen LogP contribution in [0.3, 0.4) is 0 Å². The molecule has 4 aliphatic heterocycles. The van der Waals surface area contributed by atoms with Crippen LogP contribution in [-0.2, 0) is 0 Å². The lowest BCUT2D eigenvalue weighted by molar-refractivity contribution is 0.753. The Balaban J connectivity index is 1.75. The Hall–Kier alpha value is -2.75. The predicted octanol–water partition coefficient (Wildman–Crippen LogP) is 2.15. The van der Waals surface area contributed by atoms with Gasteiger partial charge in [-0.25, -0.2) is 0 Å². The summed E-state index contributed by atoms with van der Waals surface area (Å²) < 4.78 is 4.84. The summed E-state index contributed by atoms with van der Waals surface area (Å²) >= 11 is 0. The molecule has 6 heteroatoms. The molecule has 3 nitrogen and oxygen atoms in total. The van der Waals surface area contributed by atoms with Gasteiger partial charge in [-0.1, -0.05) is 54.4 Å². The first-order chi connectivity index (χ1) is 11.9. The number of hydrogen-bond acceptors (Lipinski definition) is 3. The van der Waals surface area contributed by atoms with Crippen molar-refractivity contribution in [2.24, 2.45) is 0 Å². The van der Waals surface area contributed by atoms with Crippen molar-refractivity contribution >= 4 is 32.0 Å². The van der Waals surface area contributed by atoms with Crippen LogP contribution in [0.1, 0.15) is 0 Å². The largest absolute Gasteiger partial charge is 0.438 e. The number of allylic oxidation sites excluding steroid dienone is 6.